The molecule has 0 saturated carbocycles. The maximum atomic E-state index is 12.7. The summed E-state index contributed by atoms with van der Waals surface area (Å²) in [4.78, 5) is 11.9. The number of benzene rings is 2. The summed E-state index contributed by atoms with van der Waals surface area (Å²) >= 11 is 0. The Morgan fingerprint density at radius 2 is 1.73 bits per heavy atom. The zero-order valence-electron chi connectivity index (χ0n) is 14.8. The summed E-state index contributed by atoms with van der Waals surface area (Å²) in [6, 6.07) is 11.0. The molecule has 0 atom stereocenters. The van der Waals surface area contributed by atoms with Crippen molar-refractivity contribution < 1.29 is 27.4 Å². The Kier molecular flexibility index (Phi) is 6.59. The average Bonchev–Trinajstić information content (AvgIpc) is 2.63. The fourth-order valence-electron chi connectivity index (χ4n) is 2.15. The molecule has 7 nitrogen and oxygen atoms in total. The van der Waals surface area contributed by atoms with Crippen LogP contribution in [0, 0.1) is 6.92 Å². The highest BCUT2D eigenvalue weighted by Gasteiger charge is 2.22. The Labute approximate surface area is 152 Å². The van der Waals surface area contributed by atoms with Gasteiger partial charge in [0, 0.05) is 12.8 Å². The molecular weight excluding hydrogens is 358 g/mol. The molecule has 0 unspecified atom stereocenters. The normalized spacial score (nSPS) is 11.0. The molecule has 0 heterocycles. The highest BCUT2D eigenvalue weighted by atomic mass is 32.2. The van der Waals surface area contributed by atoms with Crippen LogP contribution in [0.5, 0.6) is 5.75 Å². The standard InChI is InChI=1S/C18H21NO6S/c1-13-4-7-15(8-5-13)19-26(21,22)17-12-14(6-9-16(17)24-3)18(20)25-11-10-23-2/h4-9,12,19H,10-11H2,1-3H3. The molecule has 0 spiro atoms. The Hall–Kier alpha value is -2.58. The first-order chi connectivity index (χ1) is 12.4. The number of carbonyl (C=O) groups is 1. The summed E-state index contributed by atoms with van der Waals surface area (Å²) in [6.07, 6.45) is 0. The maximum absolute atomic E-state index is 12.7. The molecule has 0 aliphatic heterocycles. The summed E-state index contributed by atoms with van der Waals surface area (Å²) in [7, 11) is -1.11. The number of nitrogens with one attached hydrogen (secondary N) is 1. The first-order valence-corrected chi connectivity index (χ1v) is 9.29. The van der Waals surface area contributed by atoms with E-state index < -0.39 is 16.0 Å². The van der Waals surface area contributed by atoms with Gasteiger partial charge in [0.1, 0.15) is 17.3 Å². The first-order valence-electron chi connectivity index (χ1n) is 7.81. The van der Waals surface area contributed by atoms with E-state index >= 15 is 0 Å². The largest absolute Gasteiger partial charge is 0.495 e. The van der Waals surface area contributed by atoms with Crippen LogP contribution < -0.4 is 9.46 Å². The molecular formula is C18H21NO6S. The molecule has 26 heavy (non-hydrogen) atoms. The lowest BCUT2D eigenvalue weighted by Crippen LogP contribution is -2.16. The van der Waals surface area contributed by atoms with Crippen molar-refractivity contribution >= 4 is 21.7 Å². The molecule has 2 aromatic carbocycles. The summed E-state index contributed by atoms with van der Waals surface area (Å²) in [5.41, 5.74) is 1.52. The number of rotatable bonds is 8. The van der Waals surface area contributed by atoms with E-state index in [1.54, 1.807) is 24.3 Å². The van der Waals surface area contributed by atoms with Crippen LogP contribution in [0.25, 0.3) is 0 Å². The van der Waals surface area contributed by atoms with Gasteiger partial charge >= 0.3 is 5.97 Å². The van der Waals surface area contributed by atoms with Gasteiger partial charge in [-0.2, -0.15) is 0 Å². The number of aryl methyl sites for hydroxylation is 1. The third-order valence-corrected chi connectivity index (χ3v) is 4.92. The van der Waals surface area contributed by atoms with Gasteiger partial charge in [-0.3, -0.25) is 4.72 Å². The zero-order valence-corrected chi connectivity index (χ0v) is 15.6. The van der Waals surface area contributed by atoms with Crippen LogP contribution in [0.15, 0.2) is 47.4 Å². The SMILES string of the molecule is COCCOC(=O)c1ccc(OC)c(S(=O)(=O)Nc2ccc(C)cc2)c1. The fourth-order valence-corrected chi connectivity index (χ4v) is 3.40. The predicted molar refractivity (Wildman–Crippen MR) is 97.1 cm³/mol. The van der Waals surface area contributed by atoms with Crippen molar-refractivity contribution in [2.75, 3.05) is 32.2 Å². The van der Waals surface area contributed by atoms with Gasteiger partial charge in [-0.15, -0.1) is 0 Å². The zero-order chi connectivity index (χ0) is 19.2. The number of sulfonamides is 1. The molecule has 1 N–H and O–H groups in total. The van der Waals surface area contributed by atoms with E-state index in [1.807, 2.05) is 6.92 Å². The quantitative estimate of drug-likeness (QED) is 0.560. The number of ether oxygens (including phenoxy) is 3. The molecule has 140 valence electrons. The predicted octanol–water partition coefficient (Wildman–Crippen LogP) is 2.61. The van der Waals surface area contributed by atoms with Gasteiger partial charge in [-0.05, 0) is 37.3 Å². The monoisotopic (exact) mass is 379 g/mol. The first kappa shape index (κ1) is 19.7. The average molecular weight is 379 g/mol. The molecule has 0 aliphatic rings. The summed E-state index contributed by atoms with van der Waals surface area (Å²) in [6.45, 7) is 2.23. The lowest BCUT2D eigenvalue weighted by atomic mass is 10.2. The molecule has 0 aliphatic carbocycles. The molecule has 0 aromatic heterocycles. The van der Waals surface area contributed by atoms with E-state index in [9.17, 15) is 13.2 Å². The van der Waals surface area contributed by atoms with Gasteiger partial charge in [-0.25, -0.2) is 13.2 Å². The molecule has 8 heteroatoms. The minimum absolute atomic E-state index is 0.0745. The van der Waals surface area contributed by atoms with Crippen LogP contribution in [0.1, 0.15) is 15.9 Å². The van der Waals surface area contributed by atoms with Gasteiger partial charge < -0.3 is 14.2 Å². The lowest BCUT2D eigenvalue weighted by molar-refractivity contribution is 0.0388. The lowest BCUT2D eigenvalue weighted by Gasteiger charge is -2.13. The van der Waals surface area contributed by atoms with Gasteiger partial charge in [0.2, 0.25) is 0 Å². The van der Waals surface area contributed by atoms with Crippen molar-refractivity contribution in [2.24, 2.45) is 0 Å². The smallest absolute Gasteiger partial charge is 0.338 e. The Bertz CT molecular complexity index is 862. The van der Waals surface area contributed by atoms with Crippen LogP contribution in [-0.2, 0) is 19.5 Å². The van der Waals surface area contributed by atoms with Crippen molar-refractivity contribution in [3.05, 3.63) is 53.6 Å². The minimum atomic E-state index is -3.96. The van der Waals surface area contributed by atoms with Gasteiger partial charge in [0.25, 0.3) is 10.0 Å². The van der Waals surface area contributed by atoms with Crippen LogP contribution in [0.3, 0.4) is 0 Å². The molecule has 0 bridgehead atoms. The van der Waals surface area contributed by atoms with Gasteiger partial charge in [-0.1, -0.05) is 17.7 Å². The van der Waals surface area contributed by atoms with Crippen molar-refractivity contribution in [2.45, 2.75) is 11.8 Å². The van der Waals surface area contributed by atoms with Crippen LogP contribution in [-0.4, -0.2) is 41.8 Å². The third kappa shape index (κ3) is 4.96. The second-order valence-corrected chi connectivity index (χ2v) is 7.12. The number of hydrogen-bond acceptors (Lipinski definition) is 6. The summed E-state index contributed by atoms with van der Waals surface area (Å²) < 4.78 is 42.9. The molecule has 0 fully saturated rings. The topological polar surface area (TPSA) is 90.9 Å². The highest BCUT2D eigenvalue weighted by Crippen LogP contribution is 2.27. The second-order valence-electron chi connectivity index (χ2n) is 5.47. The van der Waals surface area contributed by atoms with Crippen molar-refractivity contribution in [3.63, 3.8) is 0 Å². The van der Waals surface area contributed by atoms with E-state index in [1.165, 1.54) is 32.4 Å². The van der Waals surface area contributed by atoms with Crippen molar-refractivity contribution in [1.82, 2.24) is 0 Å². The van der Waals surface area contributed by atoms with Gasteiger partial charge in [0.15, 0.2) is 0 Å². The summed E-state index contributed by atoms with van der Waals surface area (Å²) in [5.74, 6) is -0.519. The minimum Gasteiger partial charge on any atom is -0.495 e. The highest BCUT2D eigenvalue weighted by molar-refractivity contribution is 7.92. The molecule has 0 amide bonds. The summed E-state index contributed by atoms with van der Waals surface area (Å²) in [5, 5.41) is 0. The number of methoxy groups -OCH3 is 2. The van der Waals surface area contributed by atoms with E-state index in [4.69, 9.17) is 14.2 Å². The van der Waals surface area contributed by atoms with Crippen molar-refractivity contribution in [3.8, 4) is 5.75 Å². The Balaban J connectivity index is 2.31. The van der Waals surface area contributed by atoms with Crippen LogP contribution in [0.4, 0.5) is 5.69 Å². The molecule has 0 radical (unpaired) electrons. The van der Waals surface area contributed by atoms with Crippen LogP contribution in [0.2, 0.25) is 0 Å². The van der Waals surface area contributed by atoms with Gasteiger partial charge in [0.05, 0.1) is 19.3 Å². The number of anilines is 1. The fraction of sp³-hybridized carbons (Fsp3) is 0.278. The Morgan fingerprint density at radius 1 is 1.04 bits per heavy atom. The van der Waals surface area contributed by atoms with Crippen LogP contribution >= 0.6 is 0 Å². The van der Waals surface area contributed by atoms with Crippen molar-refractivity contribution in [1.29, 1.82) is 0 Å². The third-order valence-electron chi connectivity index (χ3n) is 3.51. The molecule has 0 saturated heterocycles. The van der Waals surface area contributed by atoms with E-state index in [0.29, 0.717) is 5.69 Å². The van der Waals surface area contributed by atoms with E-state index in [0.717, 1.165) is 5.56 Å². The number of esters is 1. The number of hydrogen-bond donors (Lipinski definition) is 1. The van der Waals surface area contributed by atoms with E-state index in [-0.39, 0.29) is 29.4 Å². The Morgan fingerprint density at radius 3 is 2.35 bits per heavy atom. The second kappa shape index (κ2) is 8.68. The maximum Gasteiger partial charge on any atom is 0.338 e. The van der Waals surface area contributed by atoms with E-state index in [2.05, 4.69) is 4.72 Å². The number of carbonyl (C=O) groups excluding carboxylic acids is 1. The molecule has 2 rings (SSSR count). The molecule has 2 aromatic rings.